The molecule has 0 amide bonds. The first-order chi connectivity index (χ1) is 9.43. The van der Waals surface area contributed by atoms with Crippen LogP contribution in [0.25, 0.3) is 11.0 Å². The number of hydrogen-bond donors (Lipinski definition) is 0. The lowest BCUT2D eigenvalue weighted by Crippen LogP contribution is -2.26. The van der Waals surface area contributed by atoms with Gasteiger partial charge in [0, 0.05) is 29.3 Å². The molecule has 104 valence electrons. The molecule has 6 nitrogen and oxygen atoms in total. The molecule has 0 aliphatic heterocycles. The van der Waals surface area contributed by atoms with Crippen LogP contribution >= 0.6 is 0 Å². The van der Waals surface area contributed by atoms with Crippen LogP contribution in [-0.4, -0.2) is 25.3 Å². The highest BCUT2D eigenvalue weighted by Gasteiger charge is 2.15. The molecule has 0 fully saturated rings. The third kappa shape index (κ3) is 2.66. The van der Waals surface area contributed by atoms with Crippen molar-refractivity contribution in [3.8, 4) is 6.07 Å². The van der Waals surface area contributed by atoms with E-state index in [9.17, 15) is 9.35 Å². The van der Waals surface area contributed by atoms with Gasteiger partial charge in [-0.2, -0.15) is 15.2 Å². The molecule has 0 spiro atoms. The second-order valence-corrected chi connectivity index (χ2v) is 6.14. The molecule has 1 unspecified atom stereocenters. The quantitative estimate of drug-likeness (QED) is 0.622. The van der Waals surface area contributed by atoms with Crippen molar-refractivity contribution < 1.29 is 4.55 Å². The van der Waals surface area contributed by atoms with Gasteiger partial charge in [-0.3, -0.25) is 9.36 Å². The zero-order valence-corrected chi connectivity index (χ0v) is 12.3. The van der Waals surface area contributed by atoms with E-state index in [1.807, 2.05) is 19.9 Å². The van der Waals surface area contributed by atoms with Crippen molar-refractivity contribution in [2.45, 2.75) is 25.5 Å². The molecular weight excluding hydrogens is 276 g/mol. The van der Waals surface area contributed by atoms with Crippen LogP contribution in [-0.2, 0) is 17.7 Å². The van der Waals surface area contributed by atoms with E-state index in [2.05, 4.69) is 9.97 Å². The molecular formula is C13H14N4O2S. The van der Waals surface area contributed by atoms with Crippen LogP contribution in [0.4, 0.5) is 0 Å². The Balaban J connectivity index is 2.81. The molecule has 0 aliphatic rings. The molecule has 0 aromatic carbocycles. The molecule has 2 heterocycles. The fourth-order valence-electron chi connectivity index (χ4n) is 1.90. The summed E-state index contributed by atoms with van der Waals surface area (Å²) in [6.45, 7) is 4.38. The second-order valence-electron chi connectivity index (χ2n) is 4.87. The summed E-state index contributed by atoms with van der Waals surface area (Å²) in [5, 5.41) is 9.80. The molecule has 0 N–H and O–H groups in total. The number of nitrogens with zero attached hydrogens (tertiary/aromatic N) is 4. The molecule has 0 saturated carbocycles. The number of hydrogen-bond acceptors (Lipinski definition) is 5. The first-order valence-electron chi connectivity index (χ1n) is 6.08. The summed E-state index contributed by atoms with van der Waals surface area (Å²) in [6, 6.07) is 3.36. The molecule has 1 atom stereocenters. The summed E-state index contributed by atoms with van der Waals surface area (Å²) in [6.07, 6.45) is 2.98. The molecule has 2 aromatic rings. The van der Waals surface area contributed by atoms with Gasteiger partial charge < -0.3 is 4.55 Å². The number of nitriles is 1. The Labute approximate surface area is 119 Å². The van der Waals surface area contributed by atoms with E-state index in [4.69, 9.17) is 5.26 Å². The van der Waals surface area contributed by atoms with Gasteiger partial charge in [-0.05, 0) is 12.0 Å². The van der Waals surface area contributed by atoms with E-state index in [-0.39, 0.29) is 22.2 Å². The van der Waals surface area contributed by atoms with Crippen LogP contribution in [0.5, 0.6) is 0 Å². The van der Waals surface area contributed by atoms with Crippen molar-refractivity contribution in [2.75, 3.05) is 6.26 Å². The molecule has 7 heteroatoms. The zero-order valence-electron chi connectivity index (χ0n) is 11.5. The van der Waals surface area contributed by atoms with Gasteiger partial charge in [0.25, 0.3) is 5.56 Å². The van der Waals surface area contributed by atoms with E-state index < -0.39 is 11.2 Å². The summed E-state index contributed by atoms with van der Waals surface area (Å²) in [7, 11) is 0. The summed E-state index contributed by atoms with van der Waals surface area (Å²) in [5.41, 5.74) is 0.107. The van der Waals surface area contributed by atoms with Gasteiger partial charge >= 0.3 is 5.16 Å². The van der Waals surface area contributed by atoms with Gasteiger partial charge in [0.05, 0.1) is 0 Å². The molecule has 0 saturated heterocycles. The second kappa shape index (κ2) is 5.61. The Kier molecular flexibility index (Phi) is 4.06. The van der Waals surface area contributed by atoms with Crippen molar-refractivity contribution in [2.24, 2.45) is 5.92 Å². The summed E-state index contributed by atoms with van der Waals surface area (Å²) < 4.78 is 12.9. The molecule has 0 bridgehead atoms. The van der Waals surface area contributed by atoms with Gasteiger partial charge in [0.1, 0.15) is 17.9 Å². The summed E-state index contributed by atoms with van der Waals surface area (Å²) >= 11 is -1.32. The number of pyridine rings is 1. The van der Waals surface area contributed by atoms with Crippen LogP contribution in [0, 0.1) is 17.2 Å². The zero-order chi connectivity index (χ0) is 14.9. The van der Waals surface area contributed by atoms with E-state index >= 15 is 0 Å². The van der Waals surface area contributed by atoms with Crippen LogP contribution in [0.1, 0.15) is 19.4 Å². The molecule has 2 aromatic heterocycles. The summed E-state index contributed by atoms with van der Waals surface area (Å²) in [4.78, 5) is 20.4. The van der Waals surface area contributed by atoms with E-state index in [0.29, 0.717) is 17.6 Å². The monoisotopic (exact) mass is 290 g/mol. The topological polar surface area (TPSA) is 94.6 Å². The standard InChI is InChI=1S/C13H14N4O2S/c1-8(2)7-17-11-10(4-9(5-14)12(17)18)6-15-13(16-11)20(3)19/h4,6,8H,7H2,1-3H3. The Morgan fingerprint density at radius 1 is 1.55 bits per heavy atom. The van der Waals surface area contributed by atoms with Gasteiger partial charge in [-0.1, -0.05) is 13.8 Å². The molecule has 0 radical (unpaired) electrons. The van der Waals surface area contributed by atoms with Crippen LogP contribution in [0.2, 0.25) is 0 Å². The van der Waals surface area contributed by atoms with Crippen LogP contribution in [0.15, 0.2) is 22.2 Å². The van der Waals surface area contributed by atoms with E-state index in [1.54, 1.807) is 0 Å². The normalized spacial score (nSPS) is 12.6. The Morgan fingerprint density at radius 3 is 2.80 bits per heavy atom. The average molecular weight is 290 g/mol. The molecule has 2 rings (SSSR count). The highest BCUT2D eigenvalue weighted by molar-refractivity contribution is 7.90. The third-order valence-electron chi connectivity index (χ3n) is 2.73. The largest absolute Gasteiger partial charge is 0.609 e. The van der Waals surface area contributed by atoms with Crippen LogP contribution in [0.3, 0.4) is 0 Å². The highest BCUT2D eigenvalue weighted by Crippen LogP contribution is 2.14. The van der Waals surface area contributed by atoms with Crippen molar-refractivity contribution >= 4 is 22.2 Å². The number of fused-ring (bicyclic) bond motifs is 1. The lowest BCUT2D eigenvalue weighted by Gasteiger charge is -2.12. The fraction of sp³-hybridized carbons (Fsp3) is 0.385. The van der Waals surface area contributed by atoms with Gasteiger partial charge in [-0.25, -0.2) is 0 Å². The third-order valence-corrected chi connectivity index (χ3v) is 3.44. The number of rotatable bonds is 3. The van der Waals surface area contributed by atoms with Crippen molar-refractivity contribution in [1.82, 2.24) is 14.5 Å². The predicted molar refractivity (Wildman–Crippen MR) is 75.7 cm³/mol. The van der Waals surface area contributed by atoms with Gasteiger partial charge in [-0.15, -0.1) is 0 Å². The Hall–Kier alpha value is -1.91. The molecule has 0 aliphatic carbocycles. The average Bonchev–Trinajstić information content (AvgIpc) is 2.40. The minimum Gasteiger partial charge on any atom is -0.609 e. The lowest BCUT2D eigenvalue weighted by molar-refractivity contribution is 0.519. The van der Waals surface area contributed by atoms with Crippen molar-refractivity contribution in [3.05, 3.63) is 28.2 Å². The van der Waals surface area contributed by atoms with E-state index in [0.717, 1.165) is 0 Å². The van der Waals surface area contributed by atoms with Crippen molar-refractivity contribution in [1.29, 1.82) is 5.26 Å². The minimum absolute atomic E-state index is 0.0621. The fourth-order valence-corrected chi connectivity index (χ4v) is 2.31. The van der Waals surface area contributed by atoms with E-state index in [1.165, 1.54) is 23.1 Å². The summed E-state index contributed by atoms with van der Waals surface area (Å²) in [5.74, 6) is 0.218. The van der Waals surface area contributed by atoms with Crippen molar-refractivity contribution in [3.63, 3.8) is 0 Å². The number of aromatic nitrogens is 3. The molecule has 20 heavy (non-hydrogen) atoms. The Morgan fingerprint density at radius 2 is 2.25 bits per heavy atom. The Bertz CT molecular complexity index is 746. The maximum absolute atomic E-state index is 12.2. The predicted octanol–water partition coefficient (Wildman–Crippen LogP) is 1.06. The van der Waals surface area contributed by atoms with Gasteiger partial charge in [0.15, 0.2) is 5.65 Å². The lowest BCUT2D eigenvalue weighted by atomic mass is 10.2. The maximum Gasteiger partial charge on any atom is 0.344 e. The van der Waals surface area contributed by atoms with Gasteiger partial charge in [0.2, 0.25) is 0 Å². The first kappa shape index (κ1) is 14.5. The highest BCUT2D eigenvalue weighted by atomic mass is 32.2. The minimum atomic E-state index is -1.32. The maximum atomic E-state index is 12.2. The first-order valence-corrected chi connectivity index (χ1v) is 7.64. The van der Waals surface area contributed by atoms with Crippen LogP contribution < -0.4 is 5.56 Å². The smallest absolute Gasteiger partial charge is 0.344 e. The SMILES string of the molecule is CC(C)Cn1c(=O)c(C#N)cc2cnc([S+](C)[O-])nc21.